The Labute approximate surface area is 270 Å². The summed E-state index contributed by atoms with van der Waals surface area (Å²) in [5.74, 6) is -1.26. The topological polar surface area (TPSA) is 134 Å². The molecule has 13 atom stereocenters. The summed E-state index contributed by atoms with van der Waals surface area (Å²) in [5.41, 5.74) is -2.59. The number of hydrogen-bond donors (Lipinski definition) is 4. The molecule has 0 radical (unpaired) electrons. The van der Waals surface area contributed by atoms with Gasteiger partial charge in [0.2, 0.25) is 0 Å². The van der Waals surface area contributed by atoms with E-state index in [1.54, 1.807) is 6.92 Å². The van der Waals surface area contributed by atoms with Crippen LogP contribution in [0.25, 0.3) is 0 Å². The largest absolute Gasteiger partial charge is 0.465 e. The zero-order valence-electron chi connectivity index (χ0n) is 29.4. The van der Waals surface area contributed by atoms with Gasteiger partial charge in [0.15, 0.2) is 0 Å². The molecule has 0 aromatic rings. The number of esters is 2. The van der Waals surface area contributed by atoms with E-state index in [9.17, 15) is 30.0 Å². The van der Waals surface area contributed by atoms with Crippen molar-refractivity contribution in [2.75, 3.05) is 6.61 Å². The average molecular weight is 633 g/mol. The fourth-order valence-corrected chi connectivity index (χ4v) is 11.7. The van der Waals surface area contributed by atoms with Gasteiger partial charge in [-0.15, -0.1) is 0 Å². The molecule has 0 amide bonds. The van der Waals surface area contributed by atoms with Crippen LogP contribution < -0.4 is 0 Å². The van der Waals surface area contributed by atoms with E-state index >= 15 is 0 Å². The third kappa shape index (κ3) is 4.58. The van der Waals surface area contributed by atoms with Crippen molar-refractivity contribution < 1.29 is 39.5 Å². The van der Waals surface area contributed by atoms with Crippen LogP contribution in [0.5, 0.6) is 0 Å². The van der Waals surface area contributed by atoms with E-state index in [1.165, 1.54) is 6.92 Å². The third-order valence-electron chi connectivity index (χ3n) is 15.0. The van der Waals surface area contributed by atoms with Crippen LogP contribution in [0.2, 0.25) is 0 Å². The first kappa shape index (κ1) is 34.8. The highest BCUT2D eigenvalue weighted by Crippen LogP contribution is 2.75. The SMILES string of the molecule is CCC(C)C(=O)OC[C@@]12[C@H](O)[C@H](O)[C@]3(C)C(=CC[C@@H]4[C@@]5(C)CC[C@H](O)C(C)(C)[C@@H]5CC[C@]43C)[C@@H]1CC(C)(C)[C@@H](O)[C@@H]2OC(C)=O. The van der Waals surface area contributed by atoms with E-state index in [4.69, 9.17) is 9.47 Å². The molecule has 4 N–H and O–H groups in total. The van der Waals surface area contributed by atoms with Gasteiger partial charge in [0, 0.05) is 12.3 Å². The quantitative estimate of drug-likeness (QED) is 0.240. The maximum absolute atomic E-state index is 13.1. The van der Waals surface area contributed by atoms with Gasteiger partial charge in [-0.05, 0) is 84.4 Å². The lowest BCUT2D eigenvalue weighted by Crippen LogP contribution is -2.76. The number of fused-ring (bicyclic) bond motifs is 7. The second kappa shape index (κ2) is 11.0. The van der Waals surface area contributed by atoms with E-state index in [-0.39, 0.29) is 40.8 Å². The molecule has 0 heterocycles. The van der Waals surface area contributed by atoms with Gasteiger partial charge in [0.05, 0.1) is 35.7 Å². The van der Waals surface area contributed by atoms with Gasteiger partial charge in [-0.1, -0.05) is 74.0 Å². The van der Waals surface area contributed by atoms with Gasteiger partial charge in [0.25, 0.3) is 0 Å². The van der Waals surface area contributed by atoms with Crippen LogP contribution in [-0.4, -0.2) is 69.5 Å². The molecule has 5 rings (SSSR count). The number of aliphatic hydroxyl groups is 4. The Balaban J connectivity index is 1.68. The molecule has 8 heteroatoms. The number of allylic oxidation sites excluding steroid dienone is 1. The Hall–Kier alpha value is -1.48. The highest BCUT2D eigenvalue weighted by Gasteiger charge is 2.76. The summed E-state index contributed by atoms with van der Waals surface area (Å²) in [6.07, 6.45) is 2.16. The minimum absolute atomic E-state index is 0.0614. The van der Waals surface area contributed by atoms with Crippen LogP contribution in [0.3, 0.4) is 0 Å². The maximum atomic E-state index is 13.1. The van der Waals surface area contributed by atoms with E-state index in [0.717, 1.165) is 37.7 Å². The van der Waals surface area contributed by atoms with Crippen LogP contribution in [-0.2, 0) is 19.1 Å². The Morgan fingerprint density at radius 3 is 2.18 bits per heavy atom. The molecule has 1 unspecified atom stereocenters. The van der Waals surface area contributed by atoms with Crippen molar-refractivity contribution in [2.24, 2.45) is 56.2 Å². The molecule has 0 aliphatic heterocycles. The van der Waals surface area contributed by atoms with Gasteiger partial charge in [0.1, 0.15) is 12.7 Å². The summed E-state index contributed by atoms with van der Waals surface area (Å²) < 4.78 is 11.9. The smallest absolute Gasteiger partial charge is 0.308 e. The first-order valence-corrected chi connectivity index (χ1v) is 17.4. The predicted octanol–water partition coefficient (Wildman–Crippen LogP) is 5.19. The van der Waals surface area contributed by atoms with E-state index in [0.29, 0.717) is 18.8 Å². The van der Waals surface area contributed by atoms with Gasteiger partial charge < -0.3 is 29.9 Å². The number of carbonyl (C=O) groups is 2. The zero-order chi connectivity index (χ0) is 33.7. The van der Waals surface area contributed by atoms with Crippen LogP contribution in [0.1, 0.15) is 114 Å². The van der Waals surface area contributed by atoms with Crippen molar-refractivity contribution in [2.45, 2.75) is 145 Å². The summed E-state index contributed by atoms with van der Waals surface area (Å²) in [6.45, 7) is 19.8. The molecular weight excluding hydrogens is 572 g/mol. The molecule has 4 fully saturated rings. The van der Waals surface area contributed by atoms with Gasteiger partial charge >= 0.3 is 11.9 Å². The average Bonchev–Trinajstić information content (AvgIpc) is 2.96. The van der Waals surface area contributed by atoms with Crippen molar-refractivity contribution in [1.82, 2.24) is 0 Å². The summed E-state index contributed by atoms with van der Waals surface area (Å²) in [7, 11) is 0. The molecule has 0 aromatic heterocycles. The number of ether oxygens (including phenoxy) is 2. The van der Waals surface area contributed by atoms with E-state index in [1.807, 2.05) is 20.8 Å². The molecular formula is C37H60O8. The molecule has 0 spiro atoms. The maximum Gasteiger partial charge on any atom is 0.308 e. The minimum atomic E-state index is -1.43. The minimum Gasteiger partial charge on any atom is -0.465 e. The molecule has 8 nitrogen and oxygen atoms in total. The number of rotatable bonds is 5. The van der Waals surface area contributed by atoms with Gasteiger partial charge in [-0.2, -0.15) is 0 Å². The number of carbonyl (C=O) groups excluding carboxylic acids is 2. The molecule has 45 heavy (non-hydrogen) atoms. The van der Waals surface area contributed by atoms with Gasteiger partial charge in [-0.25, -0.2) is 0 Å². The molecule has 5 aliphatic carbocycles. The lowest BCUT2D eigenvalue weighted by molar-refractivity contribution is -0.292. The van der Waals surface area contributed by atoms with Crippen molar-refractivity contribution in [3.63, 3.8) is 0 Å². The molecule has 0 aromatic carbocycles. The van der Waals surface area contributed by atoms with Crippen LogP contribution in [0.15, 0.2) is 11.6 Å². The monoisotopic (exact) mass is 632 g/mol. The number of hydrogen-bond acceptors (Lipinski definition) is 8. The van der Waals surface area contributed by atoms with E-state index in [2.05, 4.69) is 40.7 Å². The van der Waals surface area contributed by atoms with Crippen LogP contribution in [0.4, 0.5) is 0 Å². The highest BCUT2D eigenvalue weighted by atomic mass is 16.6. The van der Waals surface area contributed by atoms with Crippen molar-refractivity contribution in [1.29, 1.82) is 0 Å². The fraction of sp³-hybridized carbons (Fsp3) is 0.892. The molecule has 4 saturated carbocycles. The van der Waals surface area contributed by atoms with Crippen LogP contribution in [0, 0.1) is 56.2 Å². The fourth-order valence-electron chi connectivity index (χ4n) is 11.7. The third-order valence-corrected chi connectivity index (χ3v) is 15.0. The predicted molar refractivity (Wildman–Crippen MR) is 171 cm³/mol. The standard InChI is InChI=1S/C37H60O8/c1-11-20(2)31(43)44-19-37-23(18-32(4,5)29(42)30(37)45-21(3)38)22-12-13-25-34(8)16-15-26(39)33(6,7)24(34)14-17-35(25,9)36(22,10)27(40)28(37)41/h12,20,23-30,39-42H,11,13-19H2,1-10H3/t20?,23-,24-,25+,26-,27-,28+,29-,30-,34-,35+,36-,37-/m0/s1. The molecule has 0 bridgehead atoms. The summed E-state index contributed by atoms with van der Waals surface area (Å²) >= 11 is 0. The number of aliphatic hydroxyl groups excluding tert-OH is 4. The van der Waals surface area contributed by atoms with Crippen LogP contribution >= 0.6 is 0 Å². The molecule has 5 aliphatic rings. The summed E-state index contributed by atoms with van der Waals surface area (Å²) in [5, 5.41) is 47.9. The molecule has 256 valence electrons. The summed E-state index contributed by atoms with van der Waals surface area (Å²) in [6, 6.07) is 0. The molecule has 0 saturated heterocycles. The first-order chi connectivity index (χ1) is 20.7. The second-order valence-electron chi connectivity index (χ2n) is 17.7. The van der Waals surface area contributed by atoms with Crippen molar-refractivity contribution >= 4 is 11.9 Å². The lowest BCUT2D eigenvalue weighted by atomic mass is 9.32. The Morgan fingerprint density at radius 2 is 1.58 bits per heavy atom. The first-order valence-electron chi connectivity index (χ1n) is 17.4. The lowest BCUT2D eigenvalue weighted by Gasteiger charge is -2.73. The van der Waals surface area contributed by atoms with Crippen molar-refractivity contribution in [3.8, 4) is 0 Å². The highest BCUT2D eigenvalue weighted by molar-refractivity contribution is 5.72. The van der Waals surface area contributed by atoms with Gasteiger partial charge in [-0.3, -0.25) is 9.59 Å². The van der Waals surface area contributed by atoms with E-state index < -0.39 is 58.5 Å². The summed E-state index contributed by atoms with van der Waals surface area (Å²) in [4.78, 5) is 25.7. The Morgan fingerprint density at radius 1 is 0.933 bits per heavy atom. The second-order valence-corrected chi connectivity index (χ2v) is 17.7. The van der Waals surface area contributed by atoms with Crippen molar-refractivity contribution in [3.05, 3.63) is 11.6 Å². The Kier molecular flexibility index (Phi) is 8.54. The Bertz CT molecular complexity index is 1220. The normalized spacial score (nSPS) is 48.8. The zero-order valence-corrected chi connectivity index (χ0v) is 29.4.